The number of ether oxygens (including phenoxy) is 1. The van der Waals surface area contributed by atoms with Crippen molar-refractivity contribution in [3.8, 4) is 22.6 Å². The van der Waals surface area contributed by atoms with E-state index in [-0.39, 0.29) is 18.5 Å². The van der Waals surface area contributed by atoms with Gasteiger partial charge in [0.1, 0.15) is 11.5 Å². The molecule has 5 atom stereocenters. The molecule has 7 aromatic carbocycles. The first-order valence-electron chi connectivity index (χ1n) is 20.1. The van der Waals surface area contributed by atoms with Crippen molar-refractivity contribution in [2.24, 2.45) is 5.92 Å². The predicted octanol–water partition coefficient (Wildman–Crippen LogP) is 9.09. The molecule has 1 fully saturated rings. The predicted molar refractivity (Wildman–Crippen MR) is 225 cm³/mol. The van der Waals surface area contributed by atoms with Gasteiger partial charge in [-0.05, 0) is 86.8 Å². The van der Waals surface area contributed by atoms with Gasteiger partial charge in [-0.15, -0.1) is 0 Å². The van der Waals surface area contributed by atoms with Crippen molar-refractivity contribution < 1.29 is 15.0 Å². The van der Waals surface area contributed by atoms with Gasteiger partial charge in [0.15, 0.2) is 12.3 Å². The first kappa shape index (κ1) is 33.3. The van der Waals surface area contributed by atoms with Gasteiger partial charge in [0.25, 0.3) is 0 Å². The Labute approximate surface area is 328 Å². The summed E-state index contributed by atoms with van der Waals surface area (Å²) in [5.41, 5.74) is 14.1. The Kier molecular flexibility index (Phi) is 7.75. The number of benzene rings is 7. The highest BCUT2D eigenvalue weighted by atomic mass is 16.5. The molecule has 1 saturated heterocycles. The van der Waals surface area contributed by atoms with Gasteiger partial charge in [0.05, 0.1) is 18.0 Å². The lowest BCUT2D eigenvalue weighted by Crippen LogP contribution is -3.28. The highest BCUT2D eigenvalue weighted by Crippen LogP contribution is 2.64. The van der Waals surface area contributed by atoms with Crippen molar-refractivity contribution in [1.29, 1.82) is 0 Å². The standard InChI is InChI=1S/C52H43N3O/c1-33-24-31-41(47-40-18-8-9-19-42(40)52(48(33)47)43-20-10-12-22-45(43)56-46-23-13-11-21-44(46)52)51-54-49(36-15-4-3-5-16-36)53-50(55(51)2)37-28-25-35(26-29-37)39-30-27-34-14-6-7-17-38(34)32-39/h3-23,25-33,49-51,53-54H,24H2,1-2H3/p+2. The van der Waals surface area contributed by atoms with Gasteiger partial charge < -0.3 is 4.74 Å². The topological polar surface area (TPSA) is 42.3 Å². The van der Waals surface area contributed by atoms with E-state index < -0.39 is 5.41 Å². The zero-order chi connectivity index (χ0) is 37.4. The Morgan fingerprint density at radius 3 is 2.00 bits per heavy atom. The van der Waals surface area contributed by atoms with E-state index >= 15 is 0 Å². The van der Waals surface area contributed by atoms with Gasteiger partial charge in [0, 0.05) is 22.3 Å². The van der Waals surface area contributed by atoms with E-state index in [1.54, 1.807) is 0 Å². The van der Waals surface area contributed by atoms with Gasteiger partial charge in [-0.25, -0.2) is 5.32 Å². The van der Waals surface area contributed by atoms with Crippen LogP contribution < -0.4 is 20.3 Å². The maximum absolute atomic E-state index is 6.68. The van der Waals surface area contributed by atoms with Gasteiger partial charge in [0.2, 0.25) is 6.17 Å². The van der Waals surface area contributed by atoms with Crippen LogP contribution in [-0.2, 0) is 5.41 Å². The number of likely N-dealkylation sites (N-methyl/N-ethyl adjacent to an activating group) is 1. The molecule has 0 amide bonds. The quantitative estimate of drug-likeness (QED) is 0.169. The molecule has 4 N–H and O–H groups in total. The first-order chi connectivity index (χ1) is 27.6. The van der Waals surface area contributed by atoms with Crippen molar-refractivity contribution in [3.05, 3.63) is 220 Å². The summed E-state index contributed by atoms with van der Waals surface area (Å²) in [5.74, 6) is 2.23. The minimum atomic E-state index is -0.443. The molecule has 2 aliphatic heterocycles. The average Bonchev–Trinajstić information content (AvgIpc) is 3.56. The van der Waals surface area contributed by atoms with E-state index in [0.29, 0.717) is 5.92 Å². The fraction of sp³-hybridized carbons (Fsp3) is 0.154. The lowest BCUT2D eigenvalue weighted by atomic mass is 9.61. The van der Waals surface area contributed by atoms with Gasteiger partial charge in [-0.3, -0.25) is 10.2 Å². The normalized spacial score (nSPS) is 23.1. The first-order valence-corrected chi connectivity index (χ1v) is 20.1. The van der Waals surface area contributed by atoms with Crippen LogP contribution in [0.4, 0.5) is 0 Å². The van der Waals surface area contributed by atoms with E-state index in [4.69, 9.17) is 4.74 Å². The van der Waals surface area contributed by atoms with Crippen LogP contribution in [0.25, 0.3) is 27.5 Å². The zero-order valence-electron chi connectivity index (χ0n) is 31.7. The molecule has 0 aromatic heterocycles. The van der Waals surface area contributed by atoms with Crippen LogP contribution in [-0.4, -0.2) is 13.2 Å². The molecule has 0 bridgehead atoms. The Morgan fingerprint density at radius 2 is 1.25 bits per heavy atom. The summed E-state index contributed by atoms with van der Waals surface area (Å²) >= 11 is 0. The van der Waals surface area contributed by atoms with Crippen LogP contribution in [0, 0.1) is 5.92 Å². The molecule has 5 unspecified atom stereocenters. The van der Waals surface area contributed by atoms with Crippen LogP contribution in [0.5, 0.6) is 11.5 Å². The van der Waals surface area contributed by atoms with Crippen molar-refractivity contribution in [2.45, 2.75) is 37.3 Å². The minimum absolute atomic E-state index is 0.0430. The summed E-state index contributed by atoms with van der Waals surface area (Å²) < 4.78 is 6.68. The zero-order valence-corrected chi connectivity index (χ0v) is 31.7. The van der Waals surface area contributed by atoms with E-state index in [1.807, 2.05) is 0 Å². The maximum atomic E-state index is 6.68. The number of rotatable bonds is 4. The van der Waals surface area contributed by atoms with E-state index in [0.717, 1.165) is 17.9 Å². The molecule has 272 valence electrons. The lowest BCUT2D eigenvalue weighted by molar-refractivity contribution is -1.08. The number of fused-ring (bicyclic) bond motifs is 9. The van der Waals surface area contributed by atoms with E-state index in [9.17, 15) is 0 Å². The lowest BCUT2D eigenvalue weighted by Gasteiger charge is -2.44. The highest BCUT2D eigenvalue weighted by molar-refractivity contribution is 5.95. The molecular weight excluding hydrogens is 683 g/mol. The number of nitrogens with one attached hydrogen (secondary N) is 2. The third-order valence-electron chi connectivity index (χ3n) is 13.0. The summed E-state index contributed by atoms with van der Waals surface area (Å²) in [7, 11) is 2.38. The molecule has 2 heterocycles. The Hall–Kier alpha value is -6.04. The smallest absolute Gasteiger partial charge is 0.241 e. The fourth-order valence-electron chi connectivity index (χ4n) is 10.5. The summed E-state index contributed by atoms with van der Waals surface area (Å²) in [6.07, 6.45) is 3.82. The second kappa shape index (κ2) is 13.0. The number of hydrogen-bond acceptors (Lipinski definition) is 2. The van der Waals surface area contributed by atoms with Crippen molar-refractivity contribution in [2.75, 3.05) is 7.05 Å². The summed E-state index contributed by atoms with van der Waals surface area (Å²) in [6.45, 7) is 2.43. The second-order valence-corrected chi connectivity index (χ2v) is 16.1. The number of para-hydroxylation sites is 2. The Bertz CT molecular complexity index is 2670. The molecule has 4 heteroatoms. The molecule has 56 heavy (non-hydrogen) atoms. The van der Waals surface area contributed by atoms with Gasteiger partial charge >= 0.3 is 0 Å². The Balaban J connectivity index is 1.05. The molecule has 0 radical (unpaired) electrons. The summed E-state index contributed by atoms with van der Waals surface area (Å²) in [6, 6.07) is 62.4. The molecule has 11 rings (SSSR count). The summed E-state index contributed by atoms with van der Waals surface area (Å²) in [5, 5.41) is 9.28. The largest absolute Gasteiger partial charge is 0.457 e. The third-order valence-corrected chi connectivity index (χ3v) is 13.0. The minimum Gasteiger partial charge on any atom is -0.457 e. The molecule has 4 nitrogen and oxygen atoms in total. The van der Waals surface area contributed by atoms with Crippen molar-refractivity contribution >= 4 is 16.3 Å². The molecule has 2 aliphatic carbocycles. The second-order valence-electron chi connectivity index (χ2n) is 16.1. The van der Waals surface area contributed by atoms with Gasteiger partial charge in [-0.1, -0.05) is 153 Å². The molecule has 0 saturated carbocycles. The maximum Gasteiger partial charge on any atom is 0.241 e. The van der Waals surface area contributed by atoms with Crippen LogP contribution in [0.2, 0.25) is 0 Å². The molecular formula is C52H45N3O+2. The molecule has 1 spiro atoms. The van der Waals surface area contributed by atoms with Crippen LogP contribution in [0.1, 0.15) is 59.1 Å². The molecule has 7 aromatic rings. The average molecular weight is 728 g/mol. The fourth-order valence-corrected chi connectivity index (χ4v) is 10.5. The number of nitrogens with two attached hydrogens (primary N) is 1. The van der Waals surface area contributed by atoms with Crippen LogP contribution in [0.15, 0.2) is 187 Å². The Morgan fingerprint density at radius 1 is 0.625 bits per heavy atom. The number of allylic oxidation sites excluding steroid dienone is 2. The van der Waals surface area contributed by atoms with E-state index in [1.165, 1.54) is 76.9 Å². The molecule has 4 aliphatic rings. The monoisotopic (exact) mass is 727 g/mol. The summed E-state index contributed by atoms with van der Waals surface area (Å²) in [4.78, 5) is 1.43. The van der Waals surface area contributed by atoms with Gasteiger partial charge in [-0.2, -0.15) is 0 Å². The number of quaternary nitrogens is 2. The van der Waals surface area contributed by atoms with Crippen molar-refractivity contribution in [3.63, 3.8) is 0 Å². The SMILES string of the molecule is CC1CC=C(C2NC(c3ccccc3)[NH2+]C(c3ccc(-c4ccc5ccccc5c4)cc3)[NH+]2C)C2=C1C1(c3ccccc3Oc3ccccc31)c1ccccc12. The van der Waals surface area contributed by atoms with E-state index in [2.05, 4.69) is 201 Å². The van der Waals surface area contributed by atoms with Crippen LogP contribution >= 0.6 is 0 Å². The van der Waals surface area contributed by atoms with Crippen LogP contribution in [0.3, 0.4) is 0 Å². The number of hydrogen-bond donors (Lipinski definition) is 3. The third kappa shape index (κ3) is 4.96. The highest BCUT2D eigenvalue weighted by Gasteiger charge is 2.56. The van der Waals surface area contributed by atoms with Crippen molar-refractivity contribution in [1.82, 2.24) is 5.32 Å².